The lowest BCUT2D eigenvalue weighted by Crippen LogP contribution is -2.53. The van der Waals surface area contributed by atoms with Gasteiger partial charge >= 0.3 is 0 Å². The summed E-state index contributed by atoms with van der Waals surface area (Å²) in [5, 5.41) is 3.28. The Hall–Kier alpha value is -1.82. The van der Waals surface area contributed by atoms with Crippen molar-refractivity contribution in [2.75, 3.05) is 44.2 Å². The van der Waals surface area contributed by atoms with Crippen LogP contribution in [0.1, 0.15) is 19.8 Å². The molecule has 1 amide bonds. The second-order valence-electron chi connectivity index (χ2n) is 5.73. The Balaban J connectivity index is 1.57. The first-order valence-corrected chi connectivity index (χ1v) is 8.15. The van der Waals surface area contributed by atoms with Crippen molar-refractivity contribution in [2.24, 2.45) is 0 Å². The van der Waals surface area contributed by atoms with E-state index in [1.54, 1.807) is 0 Å². The number of rotatable bonds is 4. The van der Waals surface area contributed by atoms with Crippen LogP contribution < -0.4 is 15.0 Å². The Morgan fingerprint density at radius 3 is 2.86 bits per heavy atom. The number of carbonyl (C=O) groups is 1. The Morgan fingerprint density at radius 2 is 2.18 bits per heavy atom. The number of hydrogen-bond donors (Lipinski definition) is 1. The van der Waals surface area contributed by atoms with Crippen LogP contribution in [0.3, 0.4) is 0 Å². The molecule has 0 aliphatic carbocycles. The molecule has 3 rings (SSSR count). The smallest absolute Gasteiger partial charge is 0.239 e. The van der Waals surface area contributed by atoms with Crippen molar-refractivity contribution in [3.05, 3.63) is 18.2 Å². The molecule has 1 aromatic rings. The third-order valence-electron chi connectivity index (χ3n) is 4.27. The average Bonchev–Trinajstić information content (AvgIpc) is 3.09. The molecule has 6 heteroatoms. The van der Waals surface area contributed by atoms with Gasteiger partial charge in [-0.15, -0.1) is 0 Å². The van der Waals surface area contributed by atoms with E-state index in [-0.39, 0.29) is 11.9 Å². The fraction of sp³-hybridized carbons (Fsp3) is 0.625. The van der Waals surface area contributed by atoms with Crippen LogP contribution in [0.2, 0.25) is 0 Å². The third kappa shape index (κ3) is 3.32. The van der Waals surface area contributed by atoms with Crippen LogP contribution in [0.15, 0.2) is 18.2 Å². The van der Waals surface area contributed by atoms with Crippen LogP contribution in [0, 0.1) is 0 Å². The minimum Gasteiger partial charge on any atom is -0.478 e. The third-order valence-corrected chi connectivity index (χ3v) is 4.27. The lowest BCUT2D eigenvalue weighted by Gasteiger charge is -2.36. The van der Waals surface area contributed by atoms with Gasteiger partial charge in [-0.2, -0.15) is 4.98 Å². The Bertz CT molecular complexity index is 509. The summed E-state index contributed by atoms with van der Waals surface area (Å²) in [6.07, 6.45) is 2.07. The van der Waals surface area contributed by atoms with Gasteiger partial charge in [-0.3, -0.25) is 4.79 Å². The monoisotopic (exact) mass is 304 g/mol. The number of pyridine rings is 1. The molecule has 0 aromatic carbocycles. The van der Waals surface area contributed by atoms with E-state index in [4.69, 9.17) is 4.74 Å². The van der Waals surface area contributed by atoms with Crippen LogP contribution in [0.4, 0.5) is 5.82 Å². The van der Waals surface area contributed by atoms with Crippen LogP contribution in [0.5, 0.6) is 5.88 Å². The lowest BCUT2D eigenvalue weighted by molar-refractivity contribution is -0.133. The molecule has 2 fully saturated rings. The number of piperazine rings is 1. The van der Waals surface area contributed by atoms with E-state index in [2.05, 4.69) is 15.2 Å². The predicted molar refractivity (Wildman–Crippen MR) is 85.2 cm³/mol. The Morgan fingerprint density at radius 1 is 1.36 bits per heavy atom. The summed E-state index contributed by atoms with van der Waals surface area (Å²) in [4.78, 5) is 21.1. The van der Waals surface area contributed by atoms with E-state index in [1.807, 2.05) is 30.0 Å². The van der Waals surface area contributed by atoms with Gasteiger partial charge in [0, 0.05) is 32.2 Å². The first kappa shape index (κ1) is 15.1. The second-order valence-corrected chi connectivity index (χ2v) is 5.73. The molecule has 1 aromatic heterocycles. The van der Waals surface area contributed by atoms with E-state index >= 15 is 0 Å². The molecule has 0 radical (unpaired) electrons. The van der Waals surface area contributed by atoms with Crippen molar-refractivity contribution in [2.45, 2.75) is 25.8 Å². The van der Waals surface area contributed by atoms with E-state index < -0.39 is 0 Å². The number of anilines is 1. The Kier molecular flexibility index (Phi) is 4.77. The van der Waals surface area contributed by atoms with E-state index in [1.165, 1.54) is 0 Å². The Labute approximate surface area is 131 Å². The molecule has 1 atom stereocenters. The average molecular weight is 304 g/mol. The lowest BCUT2D eigenvalue weighted by atomic mass is 10.2. The predicted octanol–water partition coefficient (Wildman–Crippen LogP) is 0.881. The molecule has 1 unspecified atom stereocenters. The molecular weight excluding hydrogens is 280 g/mol. The second kappa shape index (κ2) is 6.96. The van der Waals surface area contributed by atoms with Crippen molar-refractivity contribution in [1.82, 2.24) is 15.2 Å². The number of amides is 1. The molecule has 6 nitrogen and oxygen atoms in total. The molecule has 2 aliphatic heterocycles. The summed E-state index contributed by atoms with van der Waals surface area (Å²) in [6, 6.07) is 5.87. The molecule has 2 saturated heterocycles. The number of ether oxygens (including phenoxy) is 1. The fourth-order valence-corrected chi connectivity index (χ4v) is 3.08. The first-order valence-electron chi connectivity index (χ1n) is 8.15. The van der Waals surface area contributed by atoms with E-state index in [9.17, 15) is 4.79 Å². The van der Waals surface area contributed by atoms with Crippen molar-refractivity contribution >= 4 is 11.7 Å². The molecule has 120 valence electrons. The highest BCUT2D eigenvalue weighted by Crippen LogP contribution is 2.18. The maximum absolute atomic E-state index is 12.4. The topological polar surface area (TPSA) is 57.7 Å². The van der Waals surface area contributed by atoms with Crippen LogP contribution >= 0.6 is 0 Å². The van der Waals surface area contributed by atoms with Gasteiger partial charge in [0.1, 0.15) is 5.82 Å². The van der Waals surface area contributed by atoms with Gasteiger partial charge in [0.2, 0.25) is 11.8 Å². The van der Waals surface area contributed by atoms with Gasteiger partial charge in [0.25, 0.3) is 0 Å². The molecule has 22 heavy (non-hydrogen) atoms. The first-order chi connectivity index (χ1) is 10.8. The highest BCUT2D eigenvalue weighted by atomic mass is 16.5. The summed E-state index contributed by atoms with van der Waals surface area (Å²) >= 11 is 0. The van der Waals surface area contributed by atoms with Crippen LogP contribution in [0.25, 0.3) is 0 Å². The van der Waals surface area contributed by atoms with Gasteiger partial charge in [0.15, 0.2) is 0 Å². The van der Waals surface area contributed by atoms with Crippen molar-refractivity contribution in [1.29, 1.82) is 0 Å². The molecule has 2 aliphatic rings. The van der Waals surface area contributed by atoms with Crippen molar-refractivity contribution in [3.63, 3.8) is 0 Å². The standard InChI is InChI=1S/C16H24N4O2/c1-2-22-15-7-3-6-14(18-15)19-9-11-20(12-10-19)16(21)13-5-4-8-17-13/h3,6-7,13,17H,2,4-5,8-12H2,1H3. The van der Waals surface area contributed by atoms with Gasteiger partial charge in [-0.05, 0) is 32.4 Å². The zero-order valence-corrected chi connectivity index (χ0v) is 13.1. The van der Waals surface area contributed by atoms with Crippen molar-refractivity contribution < 1.29 is 9.53 Å². The van der Waals surface area contributed by atoms with Gasteiger partial charge in [-0.25, -0.2) is 0 Å². The SMILES string of the molecule is CCOc1cccc(N2CCN(C(=O)C3CCCN3)CC2)n1. The fourth-order valence-electron chi connectivity index (χ4n) is 3.08. The molecule has 0 bridgehead atoms. The quantitative estimate of drug-likeness (QED) is 0.895. The maximum Gasteiger partial charge on any atom is 0.239 e. The minimum atomic E-state index is 0.0333. The van der Waals surface area contributed by atoms with Gasteiger partial charge in [-0.1, -0.05) is 6.07 Å². The number of carbonyl (C=O) groups excluding carboxylic acids is 1. The zero-order chi connectivity index (χ0) is 15.4. The normalized spacial score (nSPS) is 22.0. The number of nitrogens with one attached hydrogen (secondary N) is 1. The molecular formula is C16H24N4O2. The molecule has 1 N–H and O–H groups in total. The van der Waals surface area contributed by atoms with Gasteiger partial charge in [0.05, 0.1) is 12.6 Å². The number of hydrogen-bond acceptors (Lipinski definition) is 5. The highest BCUT2D eigenvalue weighted by molar-refractivity contribution is 5.82. The summed E-state index contributed by atoms with van der Waals surface area (Å²) in [5.41, 5.74) is 0. The van der Waals surface area contributed by atoms with Gasteiger partial charge < -0.3 is 19.9 Å². The van der Waals surface area contributed by atoms with Crippen LogP contribution in [-0.4, -0.2) is 61.2 Å². The summed E-state index contributed by atoms with van der Waals surface area (Å²) in [7, 11) is 0. The van der Waals surface area contributed by atoms with Crippen LogP contribution in [-0.2, 0) is 4.79 Å². The molecule has 0 saturated carbocycles. The van der Waals surface area contributed by atoms with E-state index in [0.29, 0.717) is 12.5 Å². The minimum absolute atomic E-state index is 0.0333. The highest BCUT2D eigenvalue weighted by Gasteiger charge is 2.29. The molecule has 0 spiro atoms. The summed E-state index contributed by atoms with van der Waals surface area (Å²) in [5.74, 6) is 1.85. The molecule has 3 heterocycles. The summed E-state index contributed by atoms with van der Waals surface area (Å²) < 4.78 is 5.45. The largest absolute Gasteiger partial charge is 0.478 e. The zero-order valence-electron chi connectivity index (χ0n) is 13.1. The van der Waals surface area contributed by atoms with E-state index in [0.717, 1.165) is 51.4 Å². The number of nitrogens with zero attached hydrogens (tertiary/aromatic N) is 3. The number of aromatic nitrogens is 1. The maximum atomic E-state index is 12.4. The van der Waals surface area contributed by atoms with Crippen molar-refractivity contribution in [3.8, 4) is 5.88 Å². The summed E-state index contributed by atoms with van der Waals surface area (Å²) in [6.45, 7) is 6.70.